The Morgan fingerprint density at radius 1 is 1.30 bits per heavy atom. The first-order chi connectivity index (χ1) is 11.0. The molecular formula is C18H22N2O3. The summed E-state index contributed by atoms with van der Waals surface area (Å²) < 4.78 is 13.3. The van der Waals surface area contributed by atoms with Gasteiger partial charge in [-0.15, -0.1) is 0 Å². The van der Waals surface area contributed by atoms with Crippen molar-refractivity contribution in [2.24, 2.45) is 0 Å². The van der Waals surface area contributed by atoms with Crippen LogP contribution in [0.4, 0.5) is 0 Å². The highest BCUT2D eigenvalue weighted by Gasteiger charge is 2.24. The molecule has 23 heavy (non-hydrogen) atoms. The molecule has 2 heterocycles. The lowest BCUT2D eigenvalue weighted by Gasteiger charge is -2.23. The molecule has 0 radical (unpaired) electrons. The molecule has 5 nitrogen and oxygen atoms in total. The van der Waals surface area contributed by atoms with Gasteiger partial charge in [0.1, 0.15) is 12.4 Å². The quantitative estimate of drug-likeness (QED) is 0.851. The first-order valence-corrected chi connectivity index (χ1v) is 7.95. The van der Waals surface area contributed by atoms with Crippen LogP contribution in [-0.4, -0.2) is 22.3 Å². The SMILES string of the molecule is CCC(C)(C)c1ccc(OCC2Cn3ccc(=O)nc3O2)cc1. The molecule has 1 aliphatic heterocycles. The molecule has 1 aromatic heterocycles. The third-order valence-corrected chi connectivity index (χ3v) is 4.48. The fourth-order valence-electron chi connectivity index (χ4n) is 2.53. The Bertz CT molecular complexity index is 735. The first kappa shape index (κ1) is 15.6. The van der Waals surface area contributed by atoms with Crippen molar-refractivity contribution in [3.63, 3.8) is 0 Å². The molecule has 122 valence electrons. The summed E-state index contributed by atoms with van der Waals surface area (Å²) >= 11 is 0. The summed E-state index contributed by atoms with van der Waals surface area (Å²) in [4.78, 5) is 15.1. The van der Waals surface area contributed by atoms with Gasteiger partial charge in [-0.05, 0) is 29.5 Å². The number of aromatic nitrogens is 2. The van der Waals surface area contributed by atoms with E-state index in [0.717, 1.165) is 12.2 Å². The summed E-state index contributed by atoms with van der Waals surface area (Å²) in [5.41, 5.74) is 1.19. The molecule has 0 aliphatic carbocycles. The van der Waals surface area contributed by atoms with Gasteiger partial charge >= 0.3 is 0 Å². The molecular weight excluding hydrogens is 292 g/mol. The highest BCUT2D eigenvalue weighted by atomic mass is 16.6. The van der Waals surface area contributed by atoms with E-state index in [1.807, 2.05) is 16.7 Å². The normalized spacial score (nSPS) is 16.7. The van der Waals surface area contributed by atoms with E-state index >= 15 is 0 Å². The number of hydrogen-bond donors (Lipinski definition) is 0. The molecule has 1 aromatic carbocycles. The van der Waals surface area contributed by atoms with Gasteiger partial charge in [0.2, 0.25) is 0 Å². The van der Waals surface area contributed by atoms with Gasteiger partial charge in [0.05, 0.1) is 6.54 Å². The molecule has 0 saturated carbocycles. The topological polar surface area (TPSA) is 53.4 Å². The van der Waals surface area contributed by atoms with Crippen LogP contribution in [0.3, 0.4) is 0 Å². The van der Waals surface area contributed by atoms with Crippen LogP contribution in [0.15, 0.2) is 41.3 Å². The van der Waals surface area contributed by atoms with E-state index in [1.165, 1.54) is 11.6 Å². The van der Waals surface area contributed by atoms with Crippen molar-refractivity contribution in [2.75, 3.05) is 6.61 Å². The van der Waals surface area contributed by atoms with Gasteiger partial charge in [0.15, 0.2) is 6.10 Å². The van der Waals surface area contributed by atoms with E-state index in [0.29, 0.717) is 19.2 Å². The minimum atomic E-state index is -0.285. The zero-order valence-corrected chi connectivity index (χ0v) is 13.8. The van der Waals surface area contributed by atoms with Crippen molar-refractivity contribution in [2.45, 2.75) is 45.3 Å². The number of rotatable bonds is 5. The molecule has 0 saturated heterocycles. The van der Waals surface area contributed by atoms with Crippen LogP contribution in [0.5, 0.6) is 11.8 Å². The summed E-state index contributed by atoms with van der Waals surface area (Å²) in [7, 11) is 0. The molecule has 0 N–H and O–H groups in total. The van der Waals surface area contributed by atoms with E-state index < -0.39 is 0 Å². The van der Waals surface area contributed by atoms with Crippen LogP contribution in [0, 0.1) is 0 Å². The van der Waals surface area contributed by atoms with Gasteiger partial charge in [-0.25, -0.2) is 0 Å². The van der Waals surface area contributed by atoms with Gasteiger partial charge in [-0.3, -0.25) is 9.36 Å². The van der Waals surface area contributed by atoms with E-state index in [1.54, 1.807) is 6.20 Å². The van der Waals surface area contributed by atoms with Gasteiger partial charge in [-0.1, -0.05) is 32.9 Å². The summed E-state index contributed by atoms with van der Waals surface area (Å²) in [6, 6.07) is 10.0. The number of hydrogen-bond acceptors (Lipinski definition) is 4. The Kier molecular flexibility index (Phi) is 4.11. The number of fused-ring (bicyclic) bond motifs is 1. The number of benzene rings is 1. The average molecular weight is 314 g/mol. The zero-order chi connectivity index (χ0) is 16.4. The lowest BCUT2D eigenvalue weighted by Crippen LogP contribution is -2.23. The smallest absolute Gasteiger partial charge is 0.300 e. The van der Waals surface area contributed by atoms with E-state index in [4.69, 9.17) is 9.47 Å². The minimum absolute atomic E-state index is 0.129. The number of nitrogens with zero attached hydrogens (tertiary/aromatic N) is 2. The second kappa shape index (κ2) is 6.07. The fourth-order valence-corrected chi connectivity index (χ4v) is 2.53. The maximum Gasteiger partial charge on any atom is 0.300 e. The van der Waals surface area contributed by atoms with Crippen LogP contribution in [-0.2, 0) is 12.0 Å². The zero-order valence-electron chi connectivity index (χ0n) is 13.8. The number of ether oxygens (including phenoxy) is 2. The Morgan fingerprint density at radius 3 is 2.74 bits per heavy atom. The molecule has 3 rings (SSSR count). The van der Waals surface area contributed by atoms with E-state index in [9.17, 15) is 4.79 Å². The summed E-state index contributed by atoms with van der Waals surface area (Å²) in [5.74, 6) is 0.822. The Balaban J connectivity index is 1.59. The Hall–Kier alpha value is -2.30. The van der Waals surface area contributed by atoms with Gasteiger partial charge in [-0.2, -0.15) is 4.98 Å². The maximum atomic E-state index is 11.2. The summed E-state index contributed by atoms with van der Waals surface area (Å²) in [6.45, 7) is 7.73. The lowest BCUT2D eigenvalue weighted by molar-refractivity contribution is 0.143. The van der Waals surface area contributed by atoms with Crippen molar-refractivity contribution >= 4 is 0 Å². The molecule has 0 spiro atoms. The lowest BCUT2D eigenvalue weighted by atomic mass is 9.82. The third-order valence-electron chi connectivity index (χ3n) is 4.48. The molecule has 1 aliphatic rings. The molecule has 5 heteroatoms. The van der Waals surface area contributed by atoms with Gasteiger partial charge < -0.3 is 9.47 Å². The third kappa shape index (κ3) is 3.38. The van der Waals surface area contributed by atoms with Crippen LogP contribution in [0.1, 0.15) is 32.8 Å². The standard InChI is InChI=1S/C18H22N2O3/c1-4-18(2,3)13-5-7-14(8-6-13)22-12-15-11-20-10-9-16(21)19-17(20)23-15/h5-10,15H,4,11-12H2,1-3H3. The van der Waals surface area contributed by atoms with Gasteiger partial charge in [0.25, 0.3) is 11.6 Å². The molecule has 1 unspecified atom stereocenters. The van der Waals surface area contributed by atoms with E-state index in [2.05, 4.69) is 37.9 Å². The van der Waals surface area contributed by atoms with Crippen LogP contribution >= 0.6 is 0 Å². The fraction of sp³-hybridized carbons (Fsp3) is 0.444. The molecule has 2 aromatic rings. The highest BCUT2D eigenvalue weighted by molar-refractivity contribution is 5.31. The Labute approximate surface area is 135 Å². The first-order valence-electron chi connectivity index (χ1n) is 7.95. The minimum Gasteiger partial charge on any atom is -0.490 e. The second-order valence-corrected chi connectivity index (χ2v) is 6.51. The molecule has 0 fully saturated rings. The monoisotopic (exact) mass is 314 g/mol. The predicted molar refractivity (Wildman–Crippen MR) is 88.2 cm³/mol. The summed E-state index contributed by atoms with van der Waals surface area (Å²) in [6.07, 6.45) is 2.66. The van der Waals surface area contributed by atoms with Crippen molar-refractivity contribution < 1.29 is 9.47 Å². The van der Waals surface area contributed by atoms with Crippen molar-refractivity contribution in [3.8, 4) is 11.8 Å². The van der Waals surface area contributed by atoms with Crippen molar-refractivity contribution in [1.29, 1.82) is 0 Å². The molecule has 0 bridgehead atoms. The Morgan fingerprint density at radius 2 is 2.04 bits per heavy atom. The highest BCUT2D eigenvalue weighted by Crippen LogP contribution is 2.28. The van der Waals surface area contributed by atoms with Gasteiger partial charge in [0, 0.05) is 12.3 Å². The average Bonchev–Trinajstić information content (AvgIpc) is 2.95. The maximum absolute atomic E-state index is 11.2. The predicted octanol–water partition coefficient (Wildman–Crippen LogP) is 2.77. The summed E-state index contributed by atoms with van der Waals surface area (Å²) in [5, 5.41) is 0. The largest absolute Gasteiger partial charge is 0.490 e. The van der Waals surface area contributed by atoms with Crippen molar-refractivity contribution in [1.82, 2.24) is 9.55 Å². The van der Waals surface area contributed by atoms with Crippen LogP contribution < -0.4 is 15.0 Å². The molecule has 0 amide bonds. The molecule has 1 atom stereocenters. The second-order valence-electron chi connectivity index (χ2n) is 6.51. The van der Waals surface area contributed by atoms with Crippen LogP contribution in [0.25, 0.3) is 0 Å². The van der Waals surface area contributed by atoms with Crippen molar-refractivity contribution in [3.05, 3.63) is 52.4 Å². The van der Waals surface area contributed by atoms with E-state index in [-0.39, 0.29) is 17.1 Å². The van der Waals surface area contributed by atoms with Crippen LogP contribution in [0.2, 0.25) is 0 Å².